The molecule has 2 N–H and O–H groups in total. The number of anilines is 1. The van der Waals surface area contributed by atoms with Gasteiger partial charge in [0.1, 0.15) is 0 Å². The summed E-state index contributed by atoms with van der Waals surface area (Å²) in [5, 5.41) is 0. The van der Waals surface area contributed by atoms with E-state index in [1.165, 1.54) is 76.4 Å². The van der Waals surface area contributed by atoms with Crippen LogP contribution in [0.15, 0.2) is 24.3 Å². The number of hydrogen-bond acceptors (Lipinski definition) is 2. The Kier molecular flexibility index (Phi) is 5.21. The second-order valence-electron chi connectivity index (χ2n) is 8.57. The number of fused-ring (bicyclic) bond motifs is 2. The molecule has 4 heteroatoms. The third-order valence-corrected chi connectivity index (χ3v) is 7.17. The Labute approximate surface area is 159 Å². The van der Waals surface area contributed by atoms with Crippen LogP contribution in [-0.2, 0) is 5.41 Å². The molecule has 26 heavy (non-hydrogen) atoms. The molecule has 0 atom stereocenters. The normalized spacial score (nSPS) is 24.7. The van der Waals surface area contributed by atoms with Crippen LogP contribution in [0, 0.1) is 0 Å². The zero-order valence-electron chi connectivity index (χ0n) is 16.0. The number of rotatable bonds is 1. The maximum atomic E-state index is 12.0. The first-order valence-corrected chi connectivity index (χ1v) is 10.6. The fourth-order valence-corrected chi connectivity index (χ4v) is 5.68. The van der Waals surface area contributed by atoms with Crippen molar-refractivity contribution in [3.05, 3.63) is 29.8 Å². The molecule has 0 aromatic heterocycles. The van der Waals surface area contributed by atoms with E-state index < -0.39 is 0 Å². The van der Waals surface area contributed by atoms with E-state index in [-0.39, 0.29) is 12.9 Å². The van der Waals surface area contributed by atoms with Crippen LogP contribution in [-0.4, -0.2) is 36.6 Å². The van der Waals surface area contributed by atoms with E-state index >= 15 is 0 Å². The van der Waals surface area contributed by atoms with Crippen molar-refractivity contribution in [3.63, 3.8) is 0 Å². The minimum absolute atomic E-state index is 0. The molecule has 0 bridgehead atoms. The van der Waals surface area contributed by atoms with Gasteiger partial charge in [-0.2, -0.15) is 0 Å². The summed E-state index contributed by atoms with van der Waals surface area (Å²) in [6, 6.07) is 8.99. The second kappa shape index (κ2) is 7.59. The van der Waals surface area contributed by atoms with E-state index in [0.717, 1.165) is 24.7 Å². The summed E-state index contributed by atoms with van der Waals surface area (Å²) in [4.78, 5) is 16.5. The molecule has 1 saturated carbocycles. The van der Waals surface area contributed by atoms with E-state index in [9.17, 15) is 4.79 Å². The van der Waals surface area contributed by atoms with Crippen LogP contribution in [0.1, 0.15) is 71.2 Å². The highest BCUT2D eigenvalue weighted by Crippen LogP contribution is 2.46. The quantitative estimate of drug-likeness (QED) is 0.743. The molecule has 1 aromatic carbocycles. The highest BCUT2D eigenvalue weighted by Gasteiger charge is 2.41. The number of carbonyl (C=O) groups is 1. The standard InChI is InChI=1S/C22H33N3O.H2/c23-21(26)25-15-7-12-22(19-10-5-6-11-20(19)25)13-16-24(17-14-22)18-8-3-1-2-4-9-18;/h5-6,10-11,18H,1-4,7-9,12-17H2,(H2,23,26);1H. The summed E-state index contributed by atoms with van der Waals surface area (Å²) in [5.41, 5.74) is 8.32. The number of urea groups is 1. The number of carbonyl (C=O) groups excluding carboxylic acids is 1. The van der Waals surface area contributed by atoms with Gasteiger partial charge >= 0.3 is 6.03 Å². The predicted octanol–water partition coefficient (Wildman–Crippen LogP) is 4.67. The fraction of sp³-hybridized carbons (Fsp3) is 0.682. The molecule has 1 spiro atoms. The average Bonchev–Trinajstić information content (AvgIpc) is 3.02. The van der Waals surface area contributed by atoms with Crippen molar-refractivity contribution in [2.75, 3.05) is 24.5 Å². The van der Waals surface area contributed by atoms with Gasteiger partial charge in [-0.3, -0.25) is 4.90 Å². The molecule has 144 valence electrons. The van der Waals surface area contributed by atoms with Crippen molar-refractivity contribution in [1.29, 1.82) is 0 Å². The molecule has 4 nitrogen and oxygen atoms in total. The van der Waals surface area contributed by atoms with Gasteiger partial charge in [-0.15, -0.1) is 0 Å². The molecule has 2 heterocycles. The van der Waals surface area contributed by atoms with Gasteiger partial charge in [0, 0.05) is 19.7 Å². The summed E-state index contributed by atoms with van der Waals surface area (Å²) in [6.07, 6.45) is 13.1. The van der Waals surface area contributed by atoms with Gasteiger partial charge in [0.25, 0.3) is 0 Å². The number of para-hydroxylation sites is 1. The van der Waals surface area contributed by atoms with Crippen molar-refractivity contribution in [1.82, 2.24) is 4.90 Å². The summed E-state index contributed by atoms with van der Waals surface area (Å²) < 4.78 is 0. The average molecular weight is 358 g/mol. The molecule has 2 amide bonds. The molecule has 1 aliphatic carbocycles. The number of benzene rings is 1. The monoisotopic (exact) mass is 357 g/mol. The zero-order valence-corrected chi connectivity index (χ0v) is 16.0. The van der Waals surface area contributed by atoms with Gasteiger partial charge in [-0.25, -0.2) is 4.79 Å². The Morgan fingerprint density at radius 2 is 1.65 bits per heavy atom. The van der Waals surface area contributed by atoms with E-state index in [1.54, 1.807) is 4.90 Å². The Balaban J connectivity index is 0.00000210. The second-order valence-corrected chi connectivity index (χ2v) is 8.57. The molecule has 1 aromatic rings. The fourth-order valence-electron chi connectivity index (χ4n) is 5.68. The number of piperidine rings is 1. The Hall–Kier alpha value is -1.55. The van der Waals surface area contributed by atoms with Gasteiger partial charge in [0.05, 0.1) is 0 Å². The van der Waals surface area contributed by atoms with E-state index in [0.29, 0.717) is 0 Å². The summed E-state index contributed by atoms with van der Waals surface area (Å²) in [5.74, 6) is 0. The lowest BCUT2D eigenvalue weighted by Gasteiger charge is -2.45. The molecule has 0 unspecified atom stereocenters. The highest BCUT2D eigenvalue weighted by atomic mass is 16.2. The van der Waals surface area contributed by atoms with Crippen molar-refractivity contribution in [2.24, 2.45) is 5.73 Å². The Bertz CT molecular complexity index is 634. The van der Waals surface area contributed by atoms with Crippen LogP contribution >= 0.6 is 0 Å². The topological polar surface area (TPSA) is 49.6 Å². The number of amides is 2. The molecule has 4 rings (SSSR count). The first-order chi connectivity index (χ1) is 12.7. The number of likely N-dealkylation sites (tertiary alicyclic amines) is 1. The maximum Gasteiger partial charge on any atom is 0.319 e. The lowest BCUT2D eigenvalue weighted by atomic mass is 9.69. The van der Waals surface area contributed by atoms with Gasteiger partial charge in [0.15, 0.2) is 0 Å². The largest absolute Gasteiger partial charge is 0.351 e. The van der Waals surface area contributed by atoms with Crippen molar-refractivity contribution < 1.29 is 6.22 Å². The van der Waals surface area contributed by atoms with Gasteiger partial charge < -0.3 is 10.6 Å². The van der Waals surface area contributed by atoms with Crippen molar-refractivity contribution in [3.8, 4) is 0 Å². The van der Waals surface area contributed by atoms with Crippen molar-refractivity contribution >= 4 is 11.7 Å². The Morgan fingerprint density at radius 1 is 0.962 bits per heavy atom. The third kappa shape index (κ3) is 3.36. The summed E-state index contributed by atoms with van der Waals surface area (Å²) >= 11 is 0. The lowest BCUT2D eigenvalue weighted by molar-refractivity contribution is 0.101. The number of nitrogens with zero attached hydrogens (tertiary/aromatic N) is 2. The zero-order chi connectivity index (χ0) is 18.0. The van der Waals surface area contributed by atoms with Crippen LogP contribution in [0.5, 0.6) is 0 Å². The Morgan fingerprint density at radius 3 is 2.35 bits per heavy atom. The van der Waals surface area contributed by atoms with E-state index in [1.807, 2.05) is 6.07 Å². The first kappa shape index (κ1) is 17.8. The summed E-state index contributed by atoms with van der Waals surface area (Å²) in [6.45, 7) is 3.16. The summed E-state index contributed by atoms with van der Waals surface area (Å²) in [7, 11) is 0. The smallest absolute Gasteiger partial charge is 0.319 e. The van der Waals surface area contributed by atoms with Gasteiger partial charge in [0.2, 0.25) is 0 Å². The minimum atomic E-state index is -0.314. The highest BCUT2D eigenvalue weighted by molar-refractivity contribution is 5.92. The van der Waals surface area contributed by atoms with E-state index in [2.05, 4.69) is 23.1 Å². The molecule has 2 fully saturated rings. The van der Waals surface area contributed by atoms with Crippen molar-refractivity contribution in [2.45, 2.75) is 75.7 Å². The molecule has 1 saturated heterocycles. The lowest BCUT2D eigenvalue weighted by Crippen LogP contribution is -2.47. The number of nitrogens with two attached hydrogens (primary N) is 1. The van der Waals surface area contributed by atoms with E-state index in [4.69, 9.17) is 5.73 Å². The van der Waals surface area contributed by atoms with Crippen LogP contribution in [0.2, 0.25) is 0 Å². The third-order valence-electron chi connectivity index (χ3n) is 7.17. The predicted molar refractivity (Wildman–Crippen MR) is 109 cm³/mol. The SMILES string of the molecule is NC(=O)N1CCCC2(CCN(C3CCCCCC3)CC2)c2ccccc21.[HH]. The number of primary amides is 1. The van der Waals surface area contributed by atoms with Crippen LogP contribution in [0.3, 0.4) is 0 Å². The van der Waals surface area contributed by atoms with Gasteiger partial charge in [-0.1, -0.05) is 43.9 Å². The molecule has 2 aliphatic heterocycles. The van der Waals surface area contributed by atoms with Gasteiger partial charge in [-0.05, 0) is 68.7 Å². The van der Waals surface area contributed by atoms with Crippen LogP contribution in [0.25, 0.3) is 0 Å². The molecular formula is C22H35N3O. The minimum Gasteiger partial charge on any atom is -0.351 e. The number of hydrogen-bond donors (Lipinski definition) is 1. The molecular weight excluding hydrogens is 322 g/mol. The maximum absolute atomic E-state index is 12.0. The first-order valence-electron chi connectivity index (χ1n) is 10.6. The molecule has 3 aliphatic rings. The molecule has 0 radical (unpaired) electrons. The van der Waals surface area contributed by atoms with Crippen LogP contribution < -0.4 is 10.6 Å². The van der Waals surface area contributed by atoms with Crippen LogP contribution in [0.4, 0.5) is 10.5 Å².